The van der Waals surface area contributed by atoms with Gasteiger partial charge in [-0.2, -0.15) is 0 Å². The maximum atomic E-state index is 10.9. The average molecular weight is 181 g/mol. The molecule has 3 N–H and O–H groups in total. The van der Waals surface area contributed by atoms with E-state index in [2.05, 4.69) is 0 Å². The first-order valence-corrected chi connectivity index (χ1v) is 3.85. The minimum atomic E-state index is -0.958. The third kappa shape index (κ3) is 2.45. The second kappa shape index (κ2) is 3.91. The van der Waals surface area contributed by atoms with Gasteiger partial charge in [-0.05, 0) is 19.1 Å². The van der Waals surface area contributed by atoms with Crippen molar-refractivity contribution >= 4 is 5.91 Å². The zero-order chi connectivity index (χ0) is 9.84. The predicted molar refractivity (Wildman–Crippen MR) is 47.3 cm³/mol. The first-order valence-electron chi connectivity index (χ1n) is 3.85. The van der Waals surface area contributed by atoms with E-state index < -0.39 is 12.2 Å². The van der Waals surface area contributed by atoms with Gasteiger partial charge in [0.1, 0.15) is 5.75 Å². The molecule has 1 rings (SSSR count). The van der Waals surface area contributed by atoms with Gasteiger partial charge in [-0.3, -0.25) is 4.79 Å². The van der Waals surface area contributed by atoms with E-state index >= 15 is 0 Å². The van der Waals surface area contributed by atoms with Gasteiger partial charge in [-0.15, -0.1) is 0 Å². The molecule has 0 aliphatic heterocycles. The maximum Gasteiger partial charge on any atom is 0.252 e. The van der Waals surface area contributed by atoms with Crippen LogP contribution in [-0.2, 0) is 0 Å². The summed E-state index contributed by atoms with van der Waals surface area (Å²) in [4.78, 5) is 10.9. The van der Waals surface area contributed by atoms with E-state index in [0.29, 0.717) is 5.75 Å². The first-order chi connectivity index (χ1) is 6.11. The SMILES string of the molecule is CC(O)Oc1ccccc1C(N)=O. The molecule has 0 aromatic heterocycles. The smallest absolute Gasteiger partial charge is 0.252 e. The Bertz CT molecular complexity index is 309. The number of benzene rings is 1. The molecule has 0 bridgehead atoms. The van der Waals surface area contributed by atoms with Gasteiger partial charge in [-0.1, -0.05) is 12.1 Å². The molecule has 0 spiro atoms. The number of nitrogens with two attached hydrogens (primary N) is 1. The monoisotopic (exact) mass is 181 g/mol. The first kappa shape index (κ1) is 9.54. The molecule has 1 aromatic carbocycles. The Kier molecular flexibility index (Phi) is 2.87. The van der Waals surface area contributed by atoms with Crippen LogP contribution in [0.4, 0.5) is 0 Å². The van der Waals surface area contributed by atoms with Crippen LogP contribution in [0, 0.1) is 0 Å². The zero-order valence-corrected chi connectivity index (χ0v) is 7.23. The minimum Gasteiger partial charge on any atom is -0.465 e. The van der Waals surface area contributed by atoms with Gasteiger partial charge in [-0.25, -0.2) is 0 Å². The lowest BCUT2D eigenvalue weighted by atomic mass is 10.2. The van der Waals surface area contributed by atoms with Crippen LogP contribution < -0.4 is 10.5 Å². The minimum absolute atomic E-state index is 0.267. The normalized spacial score (nSPS) is 12.2. The molecule has 0 fully saturated rings. The Morgan fingerprint density at radius 3 is 2.69 bits per heavy atom. The van der Waals surface area contributed by atoms with E-state index in [1.165, 1.54) is 6.92 Å². The third-order valence-corrected chi connectivity index (χ3v) is 1.45. The molecule has 0 saturated heterocycles. The Hall–Kier alpha value is -1.55. The largest absolute Gasteiger partial charge is 0.465 e. The van der Waals surface area contributed by atoms with Crippen LogP contribution in [0.25, 0.3) is 0 Å². The highest BCUT2D eigenvalue weighted by molar-refractivity contribution is 5.95. The van der Waals surface area contributed by atoms with Crippen molar-refractivity contribution in [2.45, 2.75) is 13.2 Å². The highest BCUT2D eigenvalue weighted by Crippen LogP contribution is 2.17. The quantitative estimate of drug-likeness (QED) is 0.667. The van der Waals surface area contributed by atoms with Crippen molar-refractivity contribution in [2.75, 3.05) is 0 Å². The molecule has 0 radical (unpaired) electrons. The van der Waals surface area contributed by atoms with E-state index in [1.807, 2.05) is 0 Å². The molecule has 1 amide bonds. The molecule has 1 unspecified atom stereocenters. The van der Waals surface area contributed by atoms with Crippen molar-refractivity contribution in [1.82, 2.24) is 0 Å². The fourth-order valence-corrected chi connectivity index (χ4v) is 0.957. The number of aliphatic hydroxyl groups excluding tert-OH is 1. The molecule has 1 atom stereocenters. The molecule has 0 aliphatic carbocycles. The van der Waals surface area contributed by atoms with Gasteiger partial charge < -0.3 is 15.6 Å². The lowest BCUT2D eigenvalue weighted by molar-refractivity contribution is -0.000749. The van der Waals surface area contributed by atoms with E-state index in [9.17, 15) is 4.79 Å². The summed E-state index contributed by atoms with van der Waals surface area (Å²) >= 11 is 0. The number of ether oxygens (including phenoxy) is 1. The summed E-state index contributed by atoms with van der Waals surface area (Å²) < 4.78 is 4.96. The Morgan fingerprint density at radius 1 is 1.54 bits per heavy atom. The highest BCUT2D eigenvalue weighted by atomic mass is 16.6. The van der Waals surface area contributed by atoms with Crippen LogP contribution in [0.15, 0.2) is 24.3 Å². The lowest BCUT2D eigenvalue weighted by Crippen LogP contribution is -2.16. The van der Waals surface area contributed by atoms with Gasteiger partial charge in [0.25, 0.3) is 5.91 Å². The predicted octanol–water partition coefficient (Wildman–Crippen LogP) is 0.503. The summed E-state index contributed by atoms with van der Waals surface area (Å²) in [5.41, 5.74) is 5.36. The van der Waals surface area contributed by atoms with Crippen LogP contribution in [-0.4, -0.2) is 17.3 Å². The summed E-state index contributed by atoms with van der Waals surface area (Å²) in [7, 11) is 0. The molecule has 0 saturated carbocycles. The van der Waals surface area contributed by atoms with Crippen LogP contribution in [0.3, 0.4) is 0 Å². The Balaban J connectivity index is 2.98. The summed E-state index contributed by atoms with van der Waals surface area (Å²) in [5.74, 6) is -0.277. The molecule has 13 heavy (non-hydrogen) atoms. The van der Waals surface area contributed by atoms with Gasteiger partial charge in [0.2, 0.25) is 0 Å². The number of primary amides is 1. The molecule has 0 heterocycles. The standard InChI is InChI=1S/C9H11NO3/c1-6(11)13-8-5-3-2-4-7(8)9(10)12/h2-6,11H,1H3,(H2,10,12). The second-order valence-corrected chi connectivity index (χ2v) is 2.58. The number of hydrogen-bond donors (Lipinski definition) is 2. The van der Waals surface area contributed by atoms with Gasteiger partial charge in [0, 0.05) is 0 Å². The number of carbonyl (C=O) groups is 1. The third-order valence-electron chi connectivity index (χ3n) is 1.45. The molecule has 1 aromatic rings. The molecule has 70 valence electrons. The number of carbonyl (C=O) groups excluding carboxylic acids is 1. The number of rotatable bonds is 3. The summed E-state index contributed by atoms with van der Waals surface area (Å²) in [5, 5.41) is 8.94. The molecule has 0 aliphatic rings. The zero-order valence-electron chi connectivity index (χ0n) is 7.23. The van der Waals surface area contributed by atoms with Crippen molar-refractivity contribution in [1.29, 1.82) is 0 Å². The molecular formula is C9H11NO3. The summed E-state index contributed by atoms with van der Waals surface area (Å²) in [6.07, 6.45) is -0.958. The average Bonchev–Trinajstić information content (AvgIpc) is 2.03. The van der Waals surface area contributed by atoms with Crippen molar-refractivity contribution in [3.05, 3.63) is 29.8 Å². The van der Waals surface area contributed by atoms with Crippen LogP contribution in [0.5, 0.6) is 5.75 Å². The van der Waals surface area contributed by atoms with Crippen LogP contribution in [0.2, 0.25) is 0 Å². The van der Waals surface area contributed by atoms with Gasteiger partial charge >= 0.3 is 0 Å². The fraction of sp³-hybridized carbons (Fsp3) is 0.222. The van der Waals surface area contributed by atoms with E-state index in [1.54, 1.807) is 24.3 Å². The number of aliphatic hydroxyl groups is 1. The maximum absolute atomic E-state index is 10.9. The van der Waals surface area contributed by atoms with E-state index in [0.717, 1.165) is 0 Å². The topological polar surface area (TPSA) is 72.6 Å². The highest BCUT2D eigenvalue weighted by Gasteiger charge is 2.09. The molecule has 4 nitrogen and oxygen atoms in total. The molecular weight excluding hydrogens is 170 g/mol. The Morgan fingerprint density at radius 2 is 2.15 bits per heavy atom. The number of amides is 1. The van der Waals surface area contributed by atoms with E-state index in [-0.39, 0.29) is 5.56 Å². The Labute approximate surface area is 75.9 Å². The van der Waals surface area contributed by atoms with Crippen molar-refractivity contribution < 1.29 is 14.6 Å². The fourth-order valence-electron chi connectivity index (χ4n) is 0.957. The molecule has 4 heteroatoms. The van der Waals surface area contributed by atoms with Crippen molar-refractivity contribution in [3.63, 3.8) is 0 Å². The summed E-state index contributed by atoms with van der Waals surface area (Å²) in [6.45, 7) is 1.46. The van der Waals surface area contributed by atoms with Crippen LogP contribution in [0.1, 0.15) is 17.3 Å². The lowest BCUT2D eigenvalue weighted by Gasteiger charge is -2.10. The summed E-state index contributed by atoms with van der Waals surface area (Å²) in [6, 6.07) is 6.49. The number of hydrogen-bond acceptors (Lipinski definition) is 3. The van der Waals surface area contributed by atoms with Crippen LogP contribution >= 0.6 is 0 Å². The second-order valence-electron chi connectivity index (χ2n) is 2.58. The van der Waals surface area contributed by atoms with Gasteiger partial charge in [0.05, 0.1) is 5.56 Å². The van der Waals surface area contributed by atoms with E-state index in [4.69, 9.17) is 15.6 Å². The van der Waals surface area contributed by atoms with Crippen molar-refractivity contribution in [3.8, 4) is 5.75 Å². The number of para-hydroxylation sites is 1. The van der Waals surface area contributed by atoms with Gasteiger partial charge in [0.15, 0.2) is 6.29 Å². The van der Waals surface area contributed by atoms with Crippen molar-refractivity contribution in [2.24, 2.45) is 5.73 Å².